The third-order valence-electron chi connectivity index (χ3n) is 2.07. The first kappa shape index (κ1) is 23.0. The number of hydrogen-bond acceptors (Lipinski definition) is 6. The van der Waals surface area contributed by atoms with Crippen LogP contribution < -0.4 is 0 Å². The zero-order valence-corrected chi connectivity index (χ0v) is 15.7. The summed E-state index contributed by atoms with van der Waals surface area (Å²) >= 11 is 4.24. The monoisotopic (exact) mass is 534 g/mol. The van der Waals surface area contributed by atoms with Crippen molar-refractivity contribution >= 4 is 44.0 Å². The Bertz CT molecular complexity index is 519. The van der Waals surface area contributed by atoms with Crippen LogP contribution in [0.25, 0.3) is 0 Å². The number of aromatic hydroxyl groups is 4. The van der Waals surface area contributed by atoms with Gasteiger partial charge in [-0.3, -0.25) is 0 Å². The molecule has 2 rings (SSSR count). The second-order valence-corrected chi connectivity index (χ2v) is 3.49. The van der Waals surface area contributed by atoms with Crippen LogP contribution in [0.4, 0.5) is 0 Å². The van der Waals surface area contributed by atoms with Crippen LogP contribution >= 0.6 is 37.2 Å². The molecule has 0 saturated heterocycles. The van der Waals surface area contributed by atoms with Gasteiger partial charge < -0.3 is 30.3 Å². The molecular weight excluding hydrogens is 518 g/mol. The summed E-state index contributed by atoms with van der Waals surface area (Å²) in [5, 5.41) is 43.6. The molecule has 0 amide bonds. The van der Waals surface area contributed by atoms with Crippen molar-refractivity contribution in [1.29, 1.82) is 0 Å². The van der Waals surface area contributed by atoms with Gasteiger partial charge in [0.25, 0.3) is 0 Å². The van der Waals surface area contributed by atoms with Crippen LogP contribution in [0.1, 0.15) is 5.56 Å². The van der Waals surface area contributed by atoms with E-state index >= 15 is 0 Å². The molecule has 0 saturated carbocycles. The molecule has 6 nitrogen and oxygen atoms in total. The fraction of sp³-hybridized carbons (Fsp3) is 0.0714. The Hall–Kier alpha value is -1.27. The quantitative estimate of drug-likeness (QED) is 0.359. The summed E-state index contributed by atoms with van der Waals surface area (Å²) in [6, 6.07) is 9.91. The lowest BCUT2D eigenvalue weighted by molar-refractivity contribution is -0.0980. The molecule has 122 valence electrons. The number of aliphatic hydroxyl groups excluding tert-OH is 1. The minimum atomic E-state index is -0.216. The number of hydrogen-bond donors (Lipinski definition) is 5. The molecule has 0 bridgehead atoms. The molecule has 0 atom stereocenters. The number of phenolic OH excluding ortho intramolecular Hbond substituents is 3. The zero-order chi connectivity index (χ0) is 17.5. The number of carbonyl (C=O) groups is 1. The Balaban J connectivity index is 0. The highest BCUT2D eigenvalue weighted by Gasteiger charge is 1.98. The molecule has 0 aliphatic heterocycles. The van der Waals surface area contributed by atoms with Gasteiger partial charge in [-0.1, -0.05) is 6.07 Å². The first-order valence-electron chi connectivity index (χ1n) is 5.56. The van der Waals surface area contributed by atoms with Crippen LogP contribution in [0.3, 0.4) is 0 Å². The zero-order valence-electron chi connectivity index (χ0n) is 11.4. The largest absolute Gasteiger partial charge is 0.508 e. The number of benzene rings is 2. The van der Waals surface area contributed by atoms with Crippen molar-refractivity contribution < 1.29 is 30.3 Å². The Kier molecular flexibility index (Phi) is 15.3. The van der Waals surface area contributed by atoms with Crippen molar-refractivity contribution in [3.05, 3.63) is 48.0 Å². The highest BCUT2D eigenvalue weighted by Crippen LogP contribution is 2.21. The van der Waals surface area contributed by atoms with Crippen molar-refractivity contribution in [2.45, 2.75) is 6.61 Å². The van der Waals surface area contributed by atoms with Gasteiger partial charge in [-0.05, 0) is 24.3 Å². The summed E-state index contributed by atoms with van der Waals surface area (Å²) in [5.74, 6) is 0.0900. The number of aliphatic hydroxyl groups is 1. The van der Waals surface area contributed by atoms with Gasteiger partial charge in [-0.15, -0.1) is 0 Å². The Morgan fingerprint density at radius 3 is 1.59 bits per heavy atom. The standard InChI is InChI=1S/C7H8O3.C6H6O2.CH2O.I2/c8-4-5-1-2-6(9)3-7(5)10;7-5-2-1-3-6(8)4-5;2*1-2/h1-3,8-10H,4H2;1-4,7-8H;1H2;. The van der Waals surface area contributed by atoms with E-state index < -0.39 is 0 Å². The maximum Gasteiger partial charge on any atom is 0.124 e. The lowest BCUT2D eigenvalue weighted by Gasteiger charge is -1.99. The molecule has 0 radical (unpaired) electrons. The van der Waals surface area contributed by atoms with E-state index in [1.807, 2.05) is 6.79 Å². The van der Waals surface area contributed by atoms with Crippen LogP contribution in [0.15, 0.2) is 42.5 Å². The highest BCUT2D eigenvalue weighted by molar-refractivity contribution is 15.0. The second-order valence-electron chi connectivity index (χ2n) is 3.49. The molecule has 0 aromatic heterocycles. The smallest absolute Gasteiger partial charge is 0.124 e. The molecule has 22 heavy (non-hydrogen) atoms. The van der Waals surface area contributed by atoms with Crippen LogP contribution in [-0.4, -0.2) is 32.3 Å². The summed E-state index contributed by atoms with van der Waals surface area (Å²) in [7, 11) is 0. The topological polar surface area (TPSA) is 118 Å². The number of rotatable bonds is 1. The number of halogens is 2. The Labute approximate surface area is 151 Å². The van der Waals surface area contributed by atoms with Gasteiger partial charge >= 0.3 is 0 Å². The number of carbonyl (C=O) groups excluding carboxylic acids is 1. The van der Waals surface area contributed by atoms with E-state index in [2.05, 4.69) is 37.2 Å². The minimum Gasteiger partial charge on any atom is -0.508 e. The van der Waals surface area contributed by atoms with Crippen molar-refractivity contribution in [1.82, 2.24) is 0 Å². The molecule has 8 heteroatoms. The normalized spacial score (nSPS) is 8.14. The third-order valence-corrected chi connectivity index (χ3v) is 2.07. The molecular formula is C14H16I2O6. The maximum absolute atomic E-state index is 8.97. The van der Waals surface area contributed by atoms with Crippen LogP contribution in [0.2, 0.25) is 0 Å². The second kappa shape index (κ2) is 14.7. The van der Waals surface area contributed by atoms with Gasteiger partial charge in [0.1, 0.15) is 29.8 Å². The van der Waals surface area contributed by atoms with E-state index in [-0.39, 0.29) is 29.6 Å². The van der Waals surface area contributed by atoms with Crippen molar-refractivity contribution in [3.8, 4) is 23.0 Å². The average Bonchev–Trinajstić information content (AvgIpc) is 2.52. The Morgan fingerprint density at radius 1 is 0.818 bits per heavy atom. The van der Waals surface area contributed by atoms with Crippen molar-refractivity contribution in [3.63, 3.8) is 0 Å². The van der Waals surface area contributed by atoms with Gasteiger partial charge in [0, 0.05) is 54.9 Å². The molecule has 5 N–H and O–H groups in total. The van der Waals surface area contributed by atoms with Gasteiger partial charge in [-0.2, -0.15) is 0 Å². The first-order chi connectivity index (χ1) is 10.5. The predicted octanol–water partition coefficient (Wildman–Crippen LogP) is 3.27. The molecule has 0 aliphatic rings. The van der Waals surface area contributed by atoms with Gasteiger partial charge in [-0.25, -0.2) is 0 Å². The predicted molar refractivity (Wildman–Crippen MR) is 101 cm³/mol. The molecule has 0 unspecified atom stereocenters. The summed E-state index contributed by atoms with van der Waals surface area (Å²) in [6.07, 6.45) is 0. The molecule has 0 spiro atoms. The highest BCUT2D eigenvalue weighted by atomic mass is 128. The summed E-state index contributed by atoms with van der Waals surface area (Å²) in [6.45, 7) is 1.78. The van der Waals surface area contributed by atoms with E-state index in [4.69, 9.17) is 30.3 Å². The minimum absolute atomic E-state index is 0.00491. The van der Waals surface area contributed by atoms with E-state index in [1.54, 1.807) is 6.07 Å². The molecule has 0 fully saturated rings. The van der Waals surface area contributed by atoms with E-state index in [1.165, 1.54) is 36.4 Å². The van der Waals surface area contributed by atoms with Gasteiger partial charge in [0.2, 0.25) is 0 Å². The molecule has 2 aromatic rings. The fourth-order valence-corrected chi connectivity index (χ4v) is 1.18. The Morgan fingerprint density at radius 2 is 1.27 bits per heavy atom. The van der Waals surface area contributed by atoms with Crippen molar-refractivity contribution in [2.75, 3.05) is 0 Å². The SMILES string of the molecule is C=O.II.OCc1ccc(O)cc1O.Oc1cccc(O)c1. The van der Waals surface area contributed by atoms with E-state index in [0.717, 1.165) is 0 Å². The third kappa shape index (κ3) is 10.5. The summed E-state index contributed by atoms with van der Waals surface area (Å²) < 4.78 is 0. The van der Waals surface area contributed by atoms with E-state index in [9.17, 15) is 0 Å². The number of phenols is 4. The van der Waals surface area contributed by atoms with Crippen LogP contribution in [0.5, 0.6) is 23.0 Å². The average molecular weight is 534 g/mol. The maximum atomic E-state index is 8.97. The molecule has 2 aromatic carbocycles. The molecule has 0 aliphatic carbocycles. The lowest BCUT2D eigenvalue weighted by Crippen LogP contribution is -1.82. The van der Waals surface area contributed by atoms with E-state index in [0.29, 0.717) is 5.56 Å². The first-order valence-corrected chi connectivity index (χ1v) is 11.8. The molecule has 0 heterocycles. The van der Waals surface area contributed by atoms with Crippen LogP contribution in [0, 0.1) is 0 Å². The van der Waals surface area contributed by atoms with Gasteiger partial charge in [0.05, 0.1) is 6.61 Å². The fourth-order valence-electron chi connectivity index (χ4n) is 1.18. The summed E-state index contributed by atoms with van der Waals surface area (Å²) in [4.78, 5) is 8.00. The van der Waals surface area contributed by atoms with Crippen LogP contribution in [-0.2, 0) is 11.4 Å². The lowest BCUT2D eigenvalue weighted by atomic mass is 10.2. The van der Waals surface area contributed by atoms with Gasteiger partial charge in [0.15, 0.2) is 0 Å². The summed E-state index contributed by atoms with van der Waals surface area (Å²) in [5.41, 5.74) is 0.415. The van der Waals surface area contributed by atoms with Crippen molar-refractivity contribution in [2.24, 2.45) is 0 Å².